The number of halogens is 1. The molecule has 0 saturated heterocycles. The zero-order valence-electron chi connectivity index (χ0n) is 6.21. The summed E-state index contributed by atoms with van der Waals surface area (Å²) in [7, 11) is 0. The highest BCUT2D eigenvalue weighted by atomic mass is 127. The summed E-state index contributed by atoms with van der Waals surface area (Å²) in [4.78, 5) is 0. The Kier molecular flexibility index (Phi) is 3.33. The molecule has 0 fully saturated rings. The summed E-state index contributed by atoms with van der Waals surface area (Å²) in [6.07, 6.45) is 9.84. The predicted octanol–water partition coefficient (Wildman–Crippen LogP) is 3.00. The van der Waals surface area contributed by atoms with Gasteiger partial charge in [0.05, 0.1) is 28.6 Å². The third kappa shape index (κ3) is 2.48. The van der Waals surface area contributed by atoms with Crippen molar-refractivity contribution in [3.8, 4) is 0 Å². The molecule has 1 rings (SSSR count). The molecule has 0 saturated carbocycles. The highest BCUT2D eigenvalue weighted by Gasteiger charge is 1.94. The minimum absolute atomic E-state index is 0.993. The van der Waals surface area contributed by atoms with Crippen LogP contribution in [-0.2, 0) is 0 Å². The molecule has 0 aromatic carbocycles. The van der Waals surface area contributed by atoms with Gasteiger partial charge in [0.25, 0.3) is 0 Å². The molecule has 11 heavy (non-hydrogen) atoms. The van der Waals surface area contributed by atoms with Crippen LogP contribution in [0.4, 0.5) is 0 Å². The van der Waals surface area contributed by atoms with E-state index in [1.807, 2.05) is 60.2 Å². The highest BCUT2D eigenvalue weighted by molar-refractivity contribution is 14.1. The molecule has 1 nitrogen and oxygen atoms in total. The Morgan fingerprint density at radius 3 is 2.45 bits per heavy atom. The molecule has 2 heteroatoms. The van der Waals surface area contributed by atoms with Gasteiger partial charge in [0.1, 0.15) is 0 Å². The minimum Gasteiger partial charge on any atom is -0.215 e. The van der Waals surface area contributed by atoms with Gasteiger partial charge < -0.3 is 0 Å². The predicted molar refractivity (Wildman–Crippen MR) is 57.0 cm³/mol. The van der Waals surface area contributed by atoms with Gasteiger partial charge in [-0.15, -0.1) is 5.73 Å². The topological polar surface area (TPSA) is 12.4 Å². The van der Waals surface area contributed by atoms with Crippen LogP contribution >= 0.6 is 22.9 Å². The fraction of sp³-hybridized carbons (Fsp3) is 0.111. The molecular weight excluding hydrogens is 249 g/mol. The number of nitrogens with zero attached hydrogens (tertiary/aromatic N) is 1. The van der Waals surface area contributed by atoms with Crippen molar-refractivity contribution in [2.45, 2.75) is 6.92 Å². The smallest absolute Gasteiger partial charge is 0.0838 e. The van der Waals surface area contributed by atoms with E-state index in [1.165, 1.54) is 0 Å². The van der Waals surface area contributed by atoms with Gasteiger partial charge >= 0.3 is 0 Å². The van der Waals surface area contributed by atoms with Gasteiger partial charge in [-0.3, -0.25) is 0 Å². The molecule has 0 radical (unpaired) electrons. The lowest BCUT2D eigenvalue weighted by molar-refractivity contribution is 1.65. The monoisotopic (exact) mass is 257 g/mol. The quantitative estimate of drug-likeness (QED) is 0.467. The second kappa shape index (κ2) is 4.31. The van der Waals surface area contributed by atoms with E-state index in [0.717, 1.165) is 11.3 Å². The molecule has 1 aliphatic rings. The summed E-state index contributed by atoms with van der Waals surface area (Å²) in [5.74, 6) is 0. The summed E-state index contributed by atoms with van der Waals surface area (Å²) in [5.41, 5.74) is 5.18. The van der Waals surface area contributed by atoms with Gasteiger partial charge in [0, 0.05) is 5.57 Å². The number of hydrogen-bond donors (Lipinski definition) is 0. The SMILES string of the molecule is CC=C=C1C=CC(=NI)C=C1. The Labute approximate surface area is 80.4 Å². The molecule has 0 unspecified atom stereocenters. The minimum atomic E-state index is 0.993. The zero-order chi connectivity index (χ0) is 8.10. The van der Waals surface area contributed by atoms with Gasteiger partial charge in [-0.1, -0.05) is 0 Å². The normalized spacial score (nSPS) is 14.7. The molecule has 0 spiro atoms. The van der Waals surface area contributed by atoms with Gasteiger partial charge in [0.2, 0.25) is 0 Å². The Morgan fingerprint density at radius 2 is 2.00 bits per heavy atom. The summed E-state index contributed by atoms with van der Waals surface area (Å²) in [6, 6.07) is 0. The first-order valence-corrected chi connectivity index (χ1v) is 4.29. The fourth-order valence-electron chi connectivity index (χ4n) is 0.781. The van der Waals surface area contributed by atoms with Crippen LogP contribution in [0.1, 0.15) is 6.92 Å². The summed E-state index contributed by atoms with van der Waals surface area (Å²) in [5, 5.41) is 0. The maximum absolute atomic E-state index is 4.00. The lowest BCUT2D eigenvalue weighted by Crippen LogP contribution is -1.90. The Balaban J connectivity index is 2.89. The van der Waals surface area contributed by atoms with Crippen molar-refractivity contribution < 1.29 is 0 Å². The molecule has 0 heterocycles. The lowest BCUT2D eigenvalue weighted by Gasteiger charge is -1.96. The molecule has 0 aliphatic heterocycles. The van der Waals surface area contributed by atoms with Crippen molar-refractivity contribution >= 4 is 28.6 Å². The third-order valence-electron chi connectivity index (χ3n) is 1.28. The van der Waals surface area contributed by atoms with Gasteiger partial charge in [-0.25, -0.2) is 3.21 Å². The van der Waals surface area contributed by atoms with E-state index in [0.29, 0.717) is 0 Å². The van der Waals surface area contributed by atoms with E-state index >= 15 is 0 Å². The number of allylic oxidation sites excluding steroid dienone is 5. The number of hydrogen-bond acceptors (Lipinski definition) is 1. The Morgan fingerprint density at radius 1 is 1.36 bits per heavy atom. The Bertz CT molecular complexity index is 271. The highest BCUT2D eigenvalue weighted by Crippen LogP contribution is 2.06. The molecule has 0 bridgehead atoms. The van der Waals surface area contributed by atoms with Crippen molar-refractivity contribution in [1.82, 2.24) is 0 Å². The van der Waals surface area contributed by atoms with E-state index in [-0.39, 0.29) is 0 Å². The van der Waals surface area contributed by atoms with Gasteiger partial charge in [-0.2, -0.15) is 0 Å². The van der Waals surface area contributed by atoms with Crippen molar-refractivity contribution in [1.29, 1.82) is 0 Å². The van der Waals surface area contributed by atoms with Crippen LogP contribution in [0.2, 0.25) is 0 Å². The number of rotatable bonds is 0. The summed E-state index contributed by atoms with van der Waals surface area (Å²) in [6.45, 7) is 1.95. The maximum Gasteiger partial charge on any atom is 0.0838 e. The summed E-state index contributed by atoms with van der Waals surface area (Å²) >= 11 is 1.98. The molecular formula is C9H8IN. The van der Waals surface area contributed by atoms with E-state index in [4.69, 9.17) is 0 Å². The average molecular weight is 257 g/mol. The lowest BCUT2D eigenvalue weighted by atomic mass is 10.1. The van der Waals surface area contributed by atoms with E-state index in [1.54, 1.807) is 0 Å². The maximum atomic E-state index is 4.00. The second-order valence-corrected chi connectivity index (χ2v) is 2.55. The molecule has 0 aromatic rings. The van der Waals surface area contributed by atoms with Gasteiger partial charge in [-0.05, 0) is 37.3 Å². The molecule has 0 atom stereocenters. The van der Waals surface area contributed by atoms with Crippen LogP contribution < -0.4 is 0 Å². The van der Waals surface area contributed by atoms with Crippen LogP contribution in [0.25, 0.3) is 0 Å². The third-order valence-corrected chi connectivity index (χ3v) is 1.83. The first-order chi connectivity index (χ1) is 5.36. The standard InChI is InChI=1S/C9H8IN/c1-2-3-8-4-6-9(11-10)7-5-8/h2,4-7H,1H3. The molecule has 1 aliphatic carbocycles. The molecule has 0 aromatic heterocycles. The van der Waals surface area contributed by atoms with E-state index in [2.05, 4.69) is 8.94 Å². The first-order valence-electron chi connectivity index (χ1n) is 3.33. The van der Waals surface area contributed by atoms with Crippen molar-refractivity contribution in [2.75, 3.05) is 0 Å². The van der Waals surface area contributed by atoms with E-state index in [9.17, 15) is 0 Å². The second-order valence-electron chi connectivity index (χ2n) is 2.06. The van der Waals surface area contributed by atoms with Crippen LogP contribution in [0, 0.1) is 0 Å². The van der Waals surface area contributed by atoms with Crippen molar-refractivity contribution in [3.05, 3.63) is 41.7 Å². The van der Waals surface area contributed by atoms with E-state index < -0.39 is 0 Å². The van der Waals surface area contributed by atoms with Crippen LogP contribution in [-0.4, -0.2) is 5.71 Å². The first kappa shape index (κ1) is 8.50. The molecule has 0 N–H and O–H groups in total. The molecule has 56 valence electrons. The van der Waals surface area contributed by atoms with Crippen LogP contribution in [0.5, 0.6) is 0 Å². The van der Waals surface area contributed by atoms with Crippen LogP contribution in [0.3, 0.4) is 0 Å². The van der Waals surface area contributed by atoms with Crippen molar-refractivity contribution in [3.63, 3.8) is 0 Å². The average Bonchev–Trinajstić information content (AvgIpc) is 2.07. The largest absolute Gasteiger partial charge is 0.215 e. The fourth-order valence-corrected chi connectivity index (χ4v) is 1.10. The summed E-state index contributed by atoms with van der Waals surface area (Å²) < 4.78 is 4.00. The Hall–Kier alpha value is -0.600. The zero-order valence-corrected chi connectivity index (χ0v) is 8.37. The van der Waals surface area contributed by atoms with Crippen molar-refractivity contribution in [2.24, 2.45) is 3.21 Å². The van der Waals surface area contributed by atoms with Crippen LogP contribution in [0.15, 0.2) is 44.9 Å². The van der Waals surface area contributed by atoms with Gasteiger partial charge in [0.15, 0.2) is 0 Å². The molecule has 0 amide bonds.